The Kier molecular flexibility index (Phi) is 3.79. The van der Waals surface area contributed by atoms with Gasteiger partial charge in [-0.1, -0.05) is 0 Å². The molecular weight excluding hydrogens is 263 g/mol. The van der Waals surface area contributed by atoms with Crippen molar-refractivity contribution in [1.82, 2.24) is 4.98 Å². The summed E-state index contributed by atoms with van der Waals surface area (Å²) in [5, 5.41) is 10.7. The monoisotopic (exact) mass is 276 g/mol. The summed E-state index contributed by atoms with van der Waals surface area (Å²) in [6, 6.07) is 8.72. The van der Waals surface area contributed by atoms with Gasteiger partial charge in [0, 0.05) is 18.3 Å². The molecule has 104 valence electrons. The predicted octanol–water partition coefficient (Wildman–Crippen LogP) is 2.87. The summed E-state index contributed by atoms with van der Waals surface area (Å²) in [7, 11) is 0. The highest BCUT2D eigenvalue weighted by Crippen LogP contribution is 2.27. The second-order valence-electron chi connectivity index (χ2n) is 4.05. The number of halogens is 1. The van der Waals surface area contributed by atoms with Crippen LogP contribution in [0.5, 0.6) is 0 Å². The molecule has 0 spiro atoms. The van der Waals surface area contributed by atoms with E-state index >= 15 is 0 Å². The molecule has 0 aliphatic heterocycles. The van der Waals surface area contributed by atoms with Gasteiger partial charge in [-0.3, -0.25) is 10.1 Å². The third kappa shape index (κ3) is 2.66. The molecule has 0 aliphatic carbocycles. The molecule has 0 aliphatic rings. The highest BCUT2D eigenvalue weighted by Gasteiger charge is 2.16. The SMILES string of the molecule is CCN(c1ccc(F)cc1)c1ccc([N+](=O)[O-])c(N)n1. The van der Waals surface area contributed by atoms with Gasteiger partial charge in [-0.15, -0.1) is 0 Å². The first-order valence-corrected chi connectivity index (χ1v) is 5.97. The van der Waals surface area contributed by atoms with Gasteiger partial charge in [0.2, 0.25) is 5.82 Å². The van der Waals surface area contributed by atoms with E-state index in [1.54, 1.807) is 17.0 Å². The minimum absolute atomic E-state index is 0.145. The van der Waals surface area contributed by atoms with Gasteiger partial charge in [-0.2, -0.15) is 0 Å². The Morgan fingerprint density at radius 2 is 1.95 bits per heavy atom. The Balaban J connectivity index is 2.39. The van der Waals surface area contributed by atoms with Gasteiger partial charge < -0.3 is 10.6 Å². The van der Waals surface area contributed by atoms with E-state index in [2.05, 4.69) is 4.98 Å². The third-order valence-corrected chi connectivity index (χ3v) is 2.82. The zero-order valence-corrected chi connectivity index (χ0v) is 10.8. The van der Waals surface area contributed by atoms with Crippen LogP contribution < -0.4 is 10.6 Å². The van der Waals surface area contributed by atoms with Crippen molar-refractivity contribution in [3.05, 3.63) is 52.3 Å². The number of aromatic nitrogens is 1. The molecule has 0 amide bonds. The van der Waals surface area contributed by atoms with Gasteiger partial charge in [0.25, 0.3) is 0 Å². The Hall–Kier alpha value is -2.70. The van der Waals surface area contributed by atoms with Crippen molar-refractivity contribution in [1.29, 1.82) is 0 Å². The summed E-state index contributed by atoms with van der Waals surface area (Å²) < 4.78 is 12.9. The number of anilines is 3. The van der Waals surface area contributed by atoms with Crippen LogP contribution in [0.3, 0.4) is 0 Å². The lowest BCUT2D eigenvalue weighted by Crippen LogP contribution is -2.18. The molecule has 1 aromatic heterocycles. The van der Waals surface area contributed by atoms with Gasteiger partial charge >= 0.3 is 5.69 Å². The molecule has 0 saturated carbocycles. The molecule has 2 N–H and O–H groups in total. The van der Waals surface area contributed by atoms with E-state index in [9.17, 15) is 14.5 Å². The van der Waals surface area contributed by atoms with Gasteiger partial charge in [-0.25, -0.2) is 9.37 Å². The largest absolute Gasteiger partial charge is 0.378 e. The Morgan fingerprint density at radius 1 is 1.30 bits per heavy atom. The first kappa shape index (κ1) is 13.7. The number of benzene rings is 1. The summed E-state index contributed by atoms with van der Waals surface area (Å²) in [4.78, 5) is 15.9. The van der Waals surface area contributed by atoms with Crippen LogP contribution >= 0.6 is 0 Å². The fourth-order valence-corrected chi connectivity index (χ4v) is 1.86. The Morgan fingerprint density at radius 3 is 2.45 bits per heavy atom. The standard InChI is InChI=1S/C13H13FN4O2/c1-2-17(10-5-3-9(14)4-6-10)12-8-7-11(18(19)20)13(15)16-12/h3-8H,2H2,1H3,(H2,15,16). The molecule has 2 rings (SSSR count). The van der Waals surface area contributed by atoms with Crippen LogP contribution in [0.4, 0.5) is 27.4 Å². The second-order valence-corrected chi connectivity index (χ2v) is 4.05. The molecule has 20 heavy (non-hydrogen) atoms. The van der Waals surface area contributed by atoms with Crippen molar-refractivity contribution < 1.29 is 9.31 Å². The quantitative estimate of drug-likeness (QED) is 0.685. The van der Waals surface area contributed by atoms with Crippen LogP contribution in [-0.2, 0) is 0 Å². The van der Waals surface area contributed by atoms with Gasteiger partial charge in [0.1, 0.15) is 11.6 Å². The number of hydrogen-bond donors (Lipinski definition) is 1. The maximum atomic E-state index is 12.9. The smallest absolute Gasteiger partial charge is 0.311 e. The Bertz CT molecular complexity index is 631. The lowest BCUT2D eigenvalue weighted by Gasteiger charge is -2.22. The van der Waals surface area contributed by atoms with E-state index < -0.39 is 4.92 Å². The fraction of sp³-hybridized carbons (Fsp3) is 0.154. The van der Waals surface area contributed by atoms with Gasteiger partial charge in [0.15, 0.2) is 0 Å². The predicted molar refractivity (Wildman–Crippen MR) is 74.4 cm³/mol. The second kappa shape index (κ2) is 5.52. The molecule has 2 aromatic rings. The molecule has 6 nitrogen and oxygen atoms in total. The molecule has 0 fully saturated rings. The number of pyridine rings is 1. The zero-order valence-electron chi connectivity index (χ0n) is 10.8. The minimum atomic E-state index is -0.583. The van der Waals surface area contributed by atoms with Crippen LogP contribution in [0.15, 0.2) is 36.4 Å². The van der Waals surface area contributed by atoms with E-state index in [0.717, 1.165) is 5.69 Å². The summed E-state index contributed by atoms with van der Waals surface area (Å²) in [6.07, 6.45) is 0. The first-order chi connectivity index (χ1) is 9.52. The van der Waals surface area contributed by atoms with E-state index in [-0.39, 0.29) is 17.3 Å². The molecule has 7 heteroatoms. The van der Waals surface area contributed by atoms with E-state index in [1.807, 2.05) is 6.92 Å². The van der Waals surface area contributed by atoms with Crippen LogP contribution in [0.25, 0.3) is 0 Å². The number of nitrogen functional groups attached to an aromatic ring is 1. The lowest BCUT2D eigenvalue weighted by atomic mass is 10.2. The summed E-state index contributed by atoms with van der Waals surface area (Å²) in [6.45, 7) is 2.46. The number of nitro groups is 1. The van der Waals surface area contributed by atoms with E-state index in [4.69, 9.17) is 5.73 Å². The number of hydrogen-bond acceptors (Lipinski definition) is 5. The molecule has 1 aromatic carbocycles. The lowest BCUT2D eigenvalue weighted by molar-refractivity contribution is -0.384. The number of rotatable bonds is 4. The average Bonchev–Trinajstić information content (AvgIpc) is 2.41. The molecule has 0 radical (unpaired) electrons. The van der Waals surface area contributed by atoms with Crippen molar-refractivity contribution in [3.63, 3.8) is 0 Å². The van der Waals surface area contributed by atoms with Gasteiger partial charge in [-0.05, 0) is 37.3 Å². The number of nitrogens with zero attached hydrogens (tertiary/aromatic N) is 3. The molecule has 0 unspecified atom stereocenters. The van der Waals surface area contributed by atoms with Crippen molar-refractivity contribution in [3.8, 4) is 0 Å². The van der Waals surface area contributed by atoms with E-state index in [1.165, 1.54) is 24.3 Å². The highest BCUT2D eigenvalue weighted by atomic mass is 19.1. The van der Waals surface area contributed by atoms with Crippen molar-refractivity contribution in [2.24, 2.45) is 0 Å². The highest BCUT2D eigenvalue weighted by molar-refractivity contribution is 5.64. The molecule has 0 saturated heterocycles. The summed E-state index contributed by atoms with van der Waals surface area (Å²) in [5.41, 5.74) is 6.08. The van der Waals surface area contributed by atoms with Crippen LogP contribution in [0, 0.1) is 15.9 Å². The zero-order chi connectivity index (χ0) is 14.7. The average molecular weight is 276 g/mol. The van der Waals surface area contributed by atoms with Crippen molar-refractivity contribution in [2.45, 2.75) is 6.92 Å². The summed E-state index contributed by atoms with van der Waals surface area (Å²) >= 11 is 0. The normalized spacial score (nSPS) is 10.3. The van der Waals surface area contributed by atoms with Crippen LogP contribution in [0.1, 0.15) is 6.92 Å². The fourth-order valence-electron chi connectivity index (χ4n) is 1.86. The topological polar surface area (TPSA) is 85.3 Å². The third-order valence-electron chi connectivity index (χ3n) is 2.82. The minimum Gasteiger partial charge on any atom is -0.378 e. The maximum absolute atomic E-state index is 12.9. The molecular formula is C13H13FN4O2. The Labute approximate surface area is 114 Å². The van der Waals surface area contributed by atoms with Crippen LogP contribution in [-0.4, -0.2) is 16.5 Å². The van der Waals surface area contributed by atoms with E-state index in [0.29, 0.717) is 12.4 Å². The molecule has 0 bridgehead atoms. The van der Waals surface area contributed by atoms with Gasteiger partial charge in [0.05, 0.1) is 4.92 Å². The van der Waals surface area contributed by atoms with Crippen molar-refractivity contribution >= 4 is 23.0 Å². The number of nitrogens with two attached hydrogens (primary N) is 1. The van der Waals surface area contributed by atoms with Crippen LogP contribution in [0.2, 0.25) is 0 Å². The molecule has 1 heterocycles. The summed E-state index contributed by atoms with van der Waals surface area (Å²) in [5.74, 6) is -0.00348. The first-order valence-electron chi connectivity index (χ1n) is 5.97. The van der Waals surface area contributed by atoms with Crippen molar-refractivity contribution in [2.75, 3.05) is 17.2 Å². The maximum Gasteiger partial charge on any atom is 0.311 e. The molecule has 0 atom stereocenters.